The molecule has 0 heterocycles. The van der Waals surface area contributed by atoms with Gasteiger partial charge in [0.15, 0.2) is 0 Å². The van der Waals surface area contributed by atoms with Crippen LogP contribution in [-0.4, -0.2) is 54.2 Å². The van der Waals surface area contributed by atoms with Crippen LogP contribution in [0.2, 0.25) is 0 Å². The zero-order valence-electron chi connectivity index (χ0n) is 13.0. The van der Waals surface area contributed by atoms with Crippen molar-refractivity contribution in [3.8, 4) is 11.5 Å². The van der Waals surface area contributed by atoms with E-state index in [2.05, 4.69) is 4.72 Å². The summed E-state index contributed by atoms with van der Waals surface area (Å²) in [5, 5.41) is 0. The molecule has 21 heavy (non-hydrogen) atoms. The molecule has 8 heteroatoms. The third-order valence-electron chi connectivity index (χ3n) is 3.26. The predicted molar refractivity (Wildman–Crippen MR) is 82.3 cm³/mol. The van der Waals surface area contributed by atoms with E-state index < -0.39 is 10.0 Å². The van der Waals surface area contributed by atoms with Crippen molar-refractivity contribution in [1.29, 1.82) is 0 Å². The van der Waals surface area contributed by atoms with Gasteiger partial charge in [-0.1, -0.05) is 0 Å². The molecule has 3 N–H and O–H groups in total. The third-order valence-corrected chi connectivity index (χ3v) is 4.70. The fraction of sp³-hybridized carbons (Fsp3) is 0.538. The van der Waals surface area contributed by atoms with Gasteiger partial charge in [0.1, 0.15) is 16.4 Å². The van der Waals surface area contributed by atoms with E-state index in [1.165, 1.54) is 26.4 Å². The normalized spacial score (nSPS) is 13.2. The van der Waals surface area contributed by atoms with E-state index in [-0.39, 0.29) is 28.9 Å². The molecule has 0 saturated heterocycles. The van der Waals surface area contributed by atoms with E-state index in [9.17, 15) is 8.42 Å². The predicted octanol–water partition coefficient (Wildman–Crippen LogP) is 0.514. The van der Waals surface area contributed by atoms with Crippen molar-refractivity contribution in [3.05, 3.63) is 12.1 Å². The van der Waals surface area contributed by atoms with Gasteiger partial charge in [-0.2, -0.15) is 0 Å². The summed E-state index contributed by atoms with van der Waals surface area (Å²) < 4.78 is 37.5. The maximum absolute atomic E-state index is 12.4. The number of ether oxygens (including phenoxy) is 2. The molecule has 0 aromatic heterocycles. The van der Waals surface area contributed by atoms with Crippen LogP contribution in [0, 0.1) is 0 Å². The number of nitrogen functional groups attached to an aromatic ring is 1. The zero-order valence-corrected chi connectivity index (χ0v) is 13.8. The first-order valence-corrected chi connectivity index (χ1v) is 7.88. The highest BCUT2D eigenvalue weighted by molar-refractivity contribution is 7.89. The molecule has 1 aromatic carbocycles. The molecule has 1 aromatic rings. The Morgan fingerprint density at radius 2 is 1.81 bits per heavy atom. The fourth-order valence-electron chi connectivity index (χ4n) is 1.59. The van der Waals surface area contributed by atoms with Crippen molar-refractivity contribution in [3.63, 3.8) is 0 Å². The van der Waals surface area contributed by atoms with Gasteiger partial charge >= 0.3 is 0 Å². The Balaban J connectivity index is 3.10. The van der Waals surface area contributed by atoms with Gasteiger partial charge in [-0.3, -0.25) is 0 Å². The number of rotatable bonds is 7. The second kappa shape index (κ2) is 6.97. The molecule has 120 valence electrons. The number of hydrogen-bond acceptors (Lipinski definition) is 6. The lowest BCUT2D eigenvalue weighted by molar-refractivity contribution is 0.313. The van der Waals surface area contributed by atoms with Gasteiger partial charge in [-0.15, -0.1) is 0 Å². The van der Waals surface area contributed by atoms with Gasteiger partial charge in [0.25, 0.3) is 0 Å². The van der Waals surface area contributed by atoms with Crippen LogP contribution in [0.15, 0.2) is 17.0 Å². The lowest BCUT2D eigenvalue weighted by atomic mass is 10.3. The van der Waals surface area contributed by atoms with Crippen LogP contribution in [0.5, 0.6) is 11.5 Å². The lowest BCUT2D eigenvalue weighted by Crippen LogP contribution is -2.38. The monoisotopic (exact) mass is 317 g/mol. The summed E-state index contributed by atoms with van der Waals surface area (Å²) in [6.45, 7) is 2.20. The minimum absolute atomic E-state index is 0.00532. The molecular weight excluding hydrogens is 294 g/mol. The minimum atomic E-state index is -3.72. The number of methoxy groups -OCH3 is 2. The van der Waals surface area contributed by atoms with Crippen LogP contribution in [-0.2, 0) is 10.0 Å². The van der Waals surface area contributed by atoms with Crippen LogP contribution in [0.4, 0.5) is 5.69 Å². The number of sulfonamides is 1. The van der Waals surface area contributed by atoms with Crippen LogP contribution >= 0.6 is 0 Å². The third kappa shape index (κ3) is 4.23. The van der Waals surface area contributed by atoms with Gasteiger partial charge in [0.2, 0.25) is 10.0 Å². The van der Waals surface area contributed by atoms with Crippen LogP contribution in [0.25, 0.3) is 0 Å². The Bertz CT molecular complexity index is 587. The van der Waals surface area contributed by atoms with E-state index in [4.69, 9.17) is 15.2 Å². The van der Waals surface area contributed by atoms with Crippen molar-refractivity contribution in [2.45, 2.75) is 17.9 Å². The molecule has 0 radical (unpaired) electrons. The van der Waals surface area contributed by atoms with Crippen LogP contribution in [0.1, 0.15) is 6.92 Å². The summed E-state index contributed by atoms with van der Waals surface area (Å²) in [4.78, 5) is 1.91. The Morgan fingerprint density at radius 1 is 1.24 bits per heavy atom. The standard InChI is InChI=1S/C13H23N3O4S/c1-9(16(2)3)8-15-21(17,18)13-6-10(14)11(19-4)7-12(13)20-5/h6-7,9,15H,8,14H2,1-5H3. The van der Waals surface area contributed by atoms with Crippen molar-refractivity contribution < 1.29 is 17.9 Å². The fourth-order valence-corrected chi connectivity index (χ4v) is 2.90. The summed E-state index contributed by atoms with van der Waals surface area (Å²) in [5.74, 6) is 0.554. The van der Waals surface area contributed by atoms with Gasteiger partial charge in [-0.25, -0.2) is 13.1 Å². The second-order valence-corrected chi connectivity index (χ2v) is 6.64. The average Bonchev–Trinajstić information content (AvgIpc) is 2.44. The quantitative estimate of drug-likeness (QED) is 0.712. The van der Waals surface area contributed by atoms with E-state index in [1.54, 1.807) is 0 Å². The molecular formula is C13H23N3O4S. The van der Waals surface area contributed by atoms with E-state index in [0.29, 0.717) is 5.75 Å². The van der Waals surface area contributed by atoms with E-state index in [0.717, 1.165) is 0 Å². The highest BCUT2D eigenvalue weighted by Crippen LogP contribution is 2.33. The number of nitrogens with one attached hydrogen (secondary N) is 1. The molecule has 0 spiro atoms. The highest BCUT2D eigenvalue weighted by atomic mass is 32.2. The molecule has 0 aliphatic rings. The number of nitrogens with zero attached hydrogens (tertiary/aromatic N) is 1. The first kappa shape index (κ1) is 17.5. The SMILES string of the molecule is COc1cc(OC)c(S(=O)(=O)NCC(C)N(C)C)cc1N. The van der Waals surface area contributed by atoms with Crippen molar-refractivity contribution in [2.24, 2.45) is 0 Å². The van der Waals surface area contributed by atoms with Gasteiger partial charge < -0.3 is 20.1 Å². The molecule has 0 amide bonds. The minimum Gasteiger partial charge on any atom is -0.495 e. The largest absolute Gasteiger partial charge is 0.495 e. The van der Waals surface area contributed by atoms with E-state index in [1.807, 2.05) is 25.9 Å². The summed E-state index contributed by atoms with van der Waals surface area (Å²) in [5.41, 5.74) is 6.01. The van der Waals surface area contributed by atoms with E-state index >= 15 is 0 Å². The average molecular weight is 317 g/mol. The van der Waals surface area contributed by atoms with Gasteiger partial charge in [-0.05, 0) is 27.1 Å². The number of benzene rings is 1. The first-order chi connectivity index (χ1) is 9.72. The molecule has 7 nitrogen and oxygen atoms in total. The maximum atomic E-state index is 12.4. The number of likely N-dealkylation sites (N-methyl/N-ethyl adjacent to an activating group) is 1. The highest BCUT2D eigenvalue weighted by Gasteiger charge is 2.22. The van der Waals surface area contributed by atoms with Crippen LogP contribution < -0.4 is 19.9 Å². The van der Waals surface area contributed by atoms with Crippen molar-refractivity contribution in [1.82, 2.24) is 9.62 Å². The Labute approximate surface area is 126 Å². The molecule has 0 aliphatic heterocycles. The molecule has 0 bridgehead atoms. The number of anilines is 1. The Kier molecular flexibility index (Phi) is 5.82. The lowest BCUT2D eigenvalue weighted by Gasteiger charge is -2.20. The van der Waals surface area contributed by atoms with Crippen molar-refractivity contribution >= 4 is 15.7 Å². The number of nitrogens with two attached hydrogens (primary N) is 1. The summed E-state index contributed by atoms with van der Waals surface area (Å²) >= 11 is 0. The van der Waals surface area contributed by atoms with Gasteiger partial charge in [0, 0.05) is 18.7 Å². The topological polar surface area (TPSA) is 93.9 Å². The summed E-state index contributed by atoms with van der Waals surface area (Å²) in [7, 11) is 2.89. The Hall–Kier alpha value is -1.51. The maximum Gasteiger partial charge on any atom is 0.244 e. The molecule has 0 fully saturated rings. The molecule has 1 atom stereocenters. The van der Waals surface area contributed by atoms with Gasteiger partial charge in [0.05, 0.1) is 19.9 Å². The molecule has 1 rings (SSSR count). The number of hydrogen-bond donors (Lipinski definition) is 2. The second-order valence-electron chi connectivity index (χ2n) is 4.91. The Morgan fingerprint density at radius 3 is 2.29 bits per heavy atom. The molecule has 0 aliphatic carbocycles. The molecule has 1 unspecified atom stereocenters. The first-order valence-electron chi connectivity index (χ1n) is 6.40. The zero-order chi connectivity index (χ0) is 16.2. The van der Waals surface area contributed by atoms with Crippen molar-refractivity contribution in [2.75, 3.05) is 40.6 Å². The summed E-state index contributed by atoms with van der Waals surface area (Å²) in [6, 6.07) is 2.85. The van der Waals surface area contributed by atoms with Crippen LogP contribution in [0.3, 0.4) is 0 Å². The molecule has 0 saturated carbocycles. The summed E-state index contributed by atoms with van der Waals surface area (Å²) in [6.07, 6.45) is 0. The smallest absolute Gasteiger partial charge is 0.244 e.